The third-order valence-electron chi connectivity index (χ3n) is 2.45. The molecule has 0 aliphatic rings. The summed E-state index contributed by atoms with van der Waals surface area (Å²) in [6, 6.07) is 5.26. The molecule has 1 aromatic rings. The van der Waals surface area contributed by atoms with Gasteiger partial charge in [0.1, 0.15) is 5.60 Å². The van der Waals surface area contributed by atoms with Gasteiger partial charge in [-0.2, -0.15) is 0 Å². The van der Waals surface area contributed by atoms with Gasteiger partial charge in [0.2, 0.25) is 0 Å². The molecule has 1 aromatic carbocycles. The Bertz CT molecular complexity index is 353. The SMILES string of the molecule is COc1ccc(C(C)(O)CNN)cc1OC. The second-order valence-corrected chi connectivity index (χ2v) is 3.72. The van der Waals surface area contributed by atoms with Crippen molar-refractivity contribution in [1.82, 2.24) is 5.43 Å². The normalized spacial score (nSPS) is 14.3. The van der Waals surface area contributed by atoms with E-state index in [1.807, 2.05) is 0 Å². The van der Waals surface area contributed by atoms with Crippen molar-refractivity contribution in [2.75, 3.05) is 20.8 Å². The largest absolute Gasteiger partial charge is 0.493 e. The van der Waals surface area contributed by atoms with Gasteiger partial charge in [-0.3, -0.25) is 11.3 Å². The van der Waals surface area contributed by atoms with Gasteiger partial charge in [0.15, 0.2) is 11.5 Å². The third kappa shape index (κ3) is 2.63. The van der Waals surface area contributed by atoms with Crippen LogP contribution < -0.4 is 20.7 Å². The van der Waals surface area contributed by atoms with Crippen molar-refractivity contribution in [3.8, 4) is 11.5 Å². The highest BCUT2D eigenvalue weighted by Gasteiger charge is 2.23. The van der Waals surface area contributed by atoms with E-state index in [1.54, 1.807) is 39.3 Å². The molecule has 0 saturated carbocycles. The van der Waals surface area contributed by atoms with E-state index in [4.69, 9.17) is 15.3 Å². The van der Waals surface area contributed by atoms with Crippen LogP contribution >= 0.6 is 0 Å². The molecule has 0 amide bonds. The Morgan fingerprint density at radius 2 is 1.94 bits per heavy atom. The monoisotopic (exact) mass is 226 g/mol. The average molecular weight is 226 g/mol. The summed E-state index contributed by atoms with van der Waals surface area (Å²) in [5.74, 6) is 6.42. The average Bonchev–Trinajstić information content (AvgIpc) is 2.28. The maximum absolute atomic E-state index is 10.1. The zero-order valence-corrected chi connectivity index (χ0v) is 9.78. The molecule has 16 heavy (non-hydrogen) atoms. The van der Waals surface area contributed by atoms with Gasteiger partial charge in [-0.25, -0.2) is 0 Å². The van der Waals surface area contributed by atoms with Gasteiger partial charge in [0.05, 0.1) is 14.2 Å². The molecule has 0 aliphatic carbocycles. The molecule has 5 nitrogen and oxygen atoms in total. The predicted octanol–water partition coefficient (Wildman–Crippen LogP) is 0.375. The number of methoxy groups -OCH3 is 2. The fraction of sp³-hybridized carbons (Fsp3) is 0.455. The van der Waals surface area contributed by atoms with Crippen LogP contribution in [0, 0.1) is 0 Å². The molecular formula is C11H18N2O3. The van der Waals surface area contributed by atoms with Crippen LogP contribution in [-0.4, -0.2) is 25.9 Å². The molecule has 1 unspecified atom stereocenters. The highest BCUT2D eigenvalue weighted by molar-refractivity contribution is 5.44. The fourth-order valence-corrected chi connectivity index (χ4v) is 1.47. The number of hydrogen-bond donors (Lipinski definition) is 3. The van der Waals surface area contributed by atoms with Gasteiger partial charge < -0.3 is 14.6 Å². The van der Waals surface area contributed by atoms with Gasteiger partial charge in [-0.15, -0.1) is 0 Å². The van der Waals surface area contributed by atoms with E-state index in [9.17, 15) is 5.11 Å². The van der Waals surface area contributed by atoms with E-state index in [0.717, 1.165) is 0 Å². The molecule has 0 bridgehead atoms. The van der Waals surface area contributed by atoms with Crippen molar-refractivity contribution in [2.45, 2.75) is 12.5 Å². The summed E-state index contributed by atoms with van der Waals surface area (Å²) >= 11 is 0. The highest BCUT2D eigenvalue weighted by atomic mass is 16.5. The Morgan fingerprint density at radius 3 is 2.44 bits per heavy atom. The molecule has 0 heterocycles. The second-order valence-electron chi connectivity index (χ2n) is 3.72. The number of ether oxygens (including phenoxy) is 2. The van der Waals surface area contributed by atoms with Gasteiger partial charge >= 0.3 is 0 Å². The first-order valence-electron chi connectivity index (χ1n) is 4.93. The van der Waals surface area contributed by atoms with Crippen molar-refractivity contribution in [2.24, 2.45) is 5.84 Å². The van der Waals surface area contributed by atoms with Crippen LogP contribution in [0.4, 0.5) is 0 Å². The van der Waals surface area contributed by atoms with E-state index in [0.29, 0.717) is 17.1 Å². The molecule has 5 heteroatoms. The summed E-state index contributed by atoms with van der Waals surface area (Å²) in [4.78, 5) is 0. The topological polar surface area (TPSA) is 76.7 Å². The standard InChI is InChI=1S/C11H18N2O3/c1-11(14,7-13-12)8-4-5-9(15-2)10(6-8)16-3/h4-6,13-14H,7,12H2,1-3H3. The minimum absolute atomic E-state index is 0.252. The van der Waals surface area contributed by atoms with Gasteiger partial charge in [0.25, 0.3) is 0 Å². The Hall–Kier alpha value is -1.30. The minimum Gasteiger partial charge on any atom is -0.493 e. The van der Waals surface area contributed by atoms with Crippen molar-refractivity contribution in [3.63, 3.8) is 0 Å². The Morgan fingerprint density at radius 1 is 1.31 bits per heavy atom. The number of aliphatic hydroxyl groups is 1. The minimum atomic E-state index is -1.05. The number of benzene rings is 1. The molecule has 0 aliphatic heterocycles. The fourth-order valence-electron chi connectivity index (χ4n) is 1.47. The summed E-state index contributed by atoms with van der Waals surface area (Å²) in [5, 5.41) is 10.1. The van der Waals surface area contributed by atoms with Gasteiger partial charge in [-0.05, 0) is 24.6 Å². The predicted molar refractivity (Wildman–Crippen MR) is 61.3 cm³/mol. The Labute approximate surface area is 95.1 Å². The maximum Gasteiger partial charge on any atom is 0.161 e. The lowest BCUT2D eigenvalue weighted by atomic mass is 9.96. The lowest BCUT2D eigenvalue weighted by Gasteiger charge is -2.24. The molecule has 0 radical (unpaired) electrons. The molecule has 0 aromatic heterocycles. The van der Waals surface area contributed by atoms with Crippen LogP contribution in [0.3, 0.4) is 0 Å². The number of hydrogen-bond acceptors (Lipinski definition) is 5. The summed E-state index contributed by atoms with van der Waals surface area (Å²) in [6.45, 7) is 1.93. The summed E-state index contributed by atoms with van der Waals surface area (Å²) in [7, 11) is 3.12. The quantitative estimate of drug-likeness (QED) is 0.499. The second kappa shape index (κ2) is 5.16. The maximum atomic E-state index is 10.1. The van der Waals surface area contributed by atoms with E-state index in [2.05, 4.69) is 5.43 Å². The lowest BCUT2D eigenvalue weighted by Crippen LogP contribution is -2.38. The number of nitrogens with two attached hydrogens (primary N) is 1. The zero-order valence-electron chi connectivity index (χ0n) is 9.78. The van der Waals surface area contributed by atoms with Crippen LogP contribution in [-0.2, 0) is 5.60 Å². The highest BCUT2D eigenvalue weighted by Crippen LogP contribution is 2.31. The summed E-state index contributed by atoms with van der Waals surface area (Å²) in [6.07, 6.45) is 0. The molecule has 1 rings (SSSR count). The molecule has 90 valence electrons. The van der Waals surface area contributed by atoms with Gasteiger partial charge in [-0.1, -0.05) is 6.07 Å². The van der Waals surface area contributed by atoms with Crippen LogP contribution in [0.1, 0.15) is 12.5 Å². The van der Waals surface area contributed by atoms with Crippen molar-refractivity contribution >= 4 is 0 Å². The Kier molecular flexibility index (Phi) is 4.12. The third-order valence-corrected chi connectivity index (χ3v) is 2.45. The summed E-state index contributed by atoms with van der Waals surface area (Å²) in [5.41, 5.74) is 2.11. The first-order valence-corrected chi connectivity index (χ1v) is 4.93. The smallest absolute Gasteiger partial charge is 0.161 e. The number of hydrazine groups is 1. The van der Waals surface area contributed by atoms with Crippen LogP contribution in [0.15, 0.2) is 18.2 Å². The number of rotatable bonds is 5. The van der Waals surface area contributed by atoms with E-state index >= 15 is 0 Å². The molecule has 4 N–H and O–H groups in total. The molecule has 0 fully saturated rings. The van der Waals surface area contributed by atoms with E-state index in [1.165, 1.54) is 0 Å². The lowest BCUT2D eigenvalue weighted by molar-refractivity contribution is 0.0569. The van der Waals surface area contributed by atoms with Crippen LogP contribution in [0.2, 0.25) is 0 Å². The summed E-state index contributed by atoms with van der Waals surface area (Å²) < 4.78 is 10.3. The molecular weight excluding hydrogens is 208 g/mol. The van der Waals surface area contributed by atoms with Gasteiger partial charge in [0, 0.05) is 6.54 Å². The first kappa shape index (κ1) is 12.8. The Balaban J connectivity index is 3.07. The van der Waals surface area contributed by atoms with Crippen LogP contribution in [0.25, 0.3) is 0 Å². The number of nitrogens with one attached hydrogen (secondary N) is 1. The van der Waals surface area contributed by atoms with E-state index in [-0.39, 0.29) is 6.54 Å². The van der Waals surface area contributed by atoms with E-state index < -0.39 is 5.60 Å². The molecule has 1 atom stereocenters. The first-order chi connectivity index (χ1) is 7.55. The molecule has 0 saturated heterocycles. The van der Waals surface area contributed by atoms with Crippen LogP contribution in [0.5, 0.6) is 11.5 Å². The van der Waals surface area contributed by atoms with Crippen molar-refractivity contribution < 1.29 is 14.6 Å². The zero-order chi connectivity index (χ0) is 12.2. The van der Waals surface area contributed by atoms with Crippen molar-refractivity contribution in [3.05, 3.63) is 23.8 Å². The molecule has 0 spiro atoms. The van der Waals surface area contributed by atoms with Crippen molar-refractivity contribution in [1.29, 1.82) is 0 Å².